The van der Waals surface area contributed by atoms with Crippen LogP contribution in [0.15, 0.2) is 18.2 Å². The predicted molar refractivity (Wildman–Crippen MR) is 115 cm³/mol. The zero-order valence-corrected chi connectivity index (χ0v) is 18.0. The minimum absolute atomic E-state index is 0.0605. The van der Waals surface area contributed by atoms with Crippen molar-refractivity contribution in [1.82, 2.24) is 15.1 Å². The standard InChI is InChI=1S/C22H25ClFN5O2/c1-29-20(25)18(21(31)27-14-2-3-16(24)15(23)6-14)19(28-29)11-4-12-7-22(8-13(12)5-11)9-17(30)26-10-22/h2-3,6,11-13H,4-5,7-10,25H2,1H3,(H,26,30)(H,27,31). The van der Waals surface area contributed by atoms with Gasteiger partial charge in [-0.25, -0.2) is 4.39 Å². The molecule has 7 nitrogen and oxygen atoms in total. The Morgan fingerprint density at radius 3 is 2.68 bits per heavy atom. The first-order valence-corrected chi connectivity index (χ1v) is 11.0. The second kappa shape index (κ2) is 7.22. The number of aryl methyl sites for hydroxylation is 1. The van der Waals surface area contributed by atoms with Gasteiger partial charge < -0.3 is 16.4 Å². The Bertz CT molecular complexity index is 1070. The van der Waals surface area contributed by atoms with E-state index in [2.05, 4.69) is 15.7 Å². The Balaban J connectivity index is 1.36. The smallest absolute Gasteiger partial charge is 0.261 e. The van der Waals surface area contributed by atoms with Crippen molar-refractivity contribution in [3.05, 3.63) is 40.3 Å². The van der Waals surface area contributed by atoms with Crippen LogP contribution in [0.3, 0.4) is 0 Å². The summed E-state index contributed by atoms with van der Waals surface area (Å²) in [6.07, 6.45) is 4.62. The van der Waals surface area contributed by atoms with Crippen LogP contribution >= 0.6 is 11.6 Å². The third-order valence-electron chi connectivity index (χ3n) is 7.34. The highest BCUT2D eigenvalue weighted by atomic mass is 35.5. The van der Waals surface area contributed by atoms with Crippen molar-refractivity contribution in [1.29, 1.82) is 0 Å². The number of carbonyl (C=O) groups excluding carboxylic acids is 2. The Hall–Kier alpha value is -2.61. The van der Waals surface area contributed by atoms with Crippen LogP contribution in [0.25, 0.3) is 0 Å². The molecule has 0 bridgehead atoms. The number of nitrogens with one attached hydrogen (secondary N) is 2. The molecule has 1 saturated heterocycles. The molecule has 2 atom stereocenters. The minimum atomic E-state index is -0.546. The molecule has 2 saturated carbocycles. The van der Waals surface area contributed by atoms with Gasteiger partial charge in [-0.1, -0.05) is 11.6 Å². The molecule has 2 unspecified atom stereocenters. The van der Waals surface area contributed by atoms with Crippen molar-refractivity contribution < 1.29 is 14.0 Å². The van der Waals surface area contributed by atoms with Crippen molar-refractivity contribution in [2.24, 2.45) is 24.3 Å². The van der Waals surface area contributed by atoms with Gasteiger partial charge in [-0.05, 0) is 61.1 Å². The quantitative estimate of drug-likeness (QED) is 0.673. The average molecular weight is 446 g/mol. The molecule has 2 amide bonds. The molecular formula is C22H25ClFN5O2. The van der Waals surface area contributed by atoms with Crippen LogP contribution in [-0.2, 0) is 11.8 Å². The van der Waals surface area contributed by atoms with E-state index >= 15 is 0 Å². The summed E-state index contributed by atoms with van der Waals surface area (Å²) < 4.78 is 15.0. The van der Waals surface area contributed by atoms with E-state index in [9.17, 15) is 14.0 Å². The monoisotopic (exact) mass is 445 g/mol. The first-order chi connectivity index (χ1) is 14.7. The number of hydrogen-bond donors (Lipinski definition) is 3. The number of aromatic nitrogens is 2. The van der Waals surface area contributed by atoms with Crippen molar-refractivity contribution in [3.63, 3.8) is 0 Å². The summed E-state index contributed by atoms with van der Waals surface area (Å²) in [6.45, 7) is 0.786. The maximum absolute atomic E-state index is 13.4. The average Bonchev–Trinajstić information content (AvgIpc) is 3.42. The lowest BCUT2D eigenvalue weighted by Crippen LogP contribution is -2.22. The van der Waals surface area contributed by atoms with Gasteiger partial charge in [0.2, 0.25) is 5.91 Å². The molecule has 31 heavy (non-hydrogen) atoms. The van der Waals surface area contributed by atoms with Crippen LogP contribution in [0.4, 0.5) is 15.9 Å². The number of fused-ring (bicyclic) bond motifs is 1. The van der Waals surface area contributed by atoms with Crippen LogP contribution in [-0.4, -0.2) is 28.1 Å². The van der Waals surface area contributed by atoms with Crippen molar-refractivity contribution in [2.75, 3.05) is 17.6 Å². The first-order valence-electron chi connectivity index (χ1n) is 10.6. The van der Waals surface area contributed by atoms with Gasteiger partial charge in [0.1, 0.15) is 17.2 Å². The van der Waals surface area contributed by atoms with Crippen LogP contribution in [0.5, 0.6) is 0 Å². The molecule has 4 N–H and O–H groups in total. The fourth-order valence-electron chi connectivity index (χ4n) is 6.02. The van der Waals surface area contributed by atoms with Crippen LogP contribution in [0, 0.1) is 23.1 Å². The Kier molecular flexibility index (Phi) is 4.73. The molecular weight excluding hydrogens is 421 g/mol. The molecule has 9 heteroatoms. The van der Waals surface area contributed by atoms with E-state index in [4.69, 9.17) is 17.3 Å². The number of carbonyl (C=O) groups is 2. The summed E-state index contributed by atoms with van der Waals surface area (Å²) in [7, 11) is 1.73. The SMILES string of the molecule is Cn1nc(C2CC3CC4(CNC(=O)C4)CC3C2)c(C(=O)Nc2ccc(F)c(Cl)c2)c1N. The Labute approximate surface area is 184 Å². The highest BCUT2D eigenvalue weighted by molar-refractivity contribution is 6.31. The lowest BCUT2D eigenvalue weighted by molar-refractivity contribution is -0.119. The summed E-state index contributed by atoms with van der Waals surface area (Å²) in [5.41, 5.74) is 7.82. The van der Waals surface area contributed by atoms with E-state index in [1.807, 2.05) is 0 Å². The number of rotatable bonds is 3. The van der Waals surface area contributed by atoms with Gasteiger partial charge >= 0.3 is 0 Å². The molecule has 0 radical (unpaired) electrons. The van der Waals surface area contributed by atoms with Gasteiger partial charge in [0.25, 0.3) is 5.91 Å². The molecule has 1 aromatic heterocycles. The number of benzene rings is 1. The normalized spacial score (nSPS) is 29.4. The lowest BCUT2D eigenvalue weighted by atomic mass is 9.81. The second-order valence-electron chi connectivity index (χ2n) is 9.40. The molecule has 1 aromatic carbocycles. The summed E-state index contributed by atoms with van der Waals surface area (Å²) in [4.78, 5) is 24.8. The number of amides is 2. The van der Waals surface area contributed by atoms with Gasteiger partial charge in [-0.15, -0.1) is 0 Å². The third-order valence-corrected chi connectivity index (χ3v) is 7.63. The van der Waals surface area contributed by atoms with E-state index in [-0.39, 0.29) is 28.2 Å². The maximum atomic E-state index is 13.4. The Morgan fingerprint density at radius 1 is 1.35 bits per heavy atom. The summed E-state index contributed by atoms with van der Waals surface area (Å²) in [6, 6.07) is 4.04. The number of nitrogens with zero attached hydrogens (tertiary/aromatic N) is 2. The van der Waals surface area contributed by atoms with Crippen LogP contribution in [0.1, 0.15) is 54.1 Å². The number of nitrogen functional groups attached to an aromatic ring is 1. The van der Waals surface area contributed by atoms with Gasteiger partial charge in [-0.3, -0.25) is 14.3 Å². The van der Waals surface area contributed by atoms with E-state index in [0.29, 0.717) is 35.3 Å². The van der Waals surface area contributed by atoms with Crippen LogP contribution < -0.4 is 16.4 Å². The molecule has 2 heterocycles. The second-order valence-corrected chi connectivity index (χ2v) is 9.81. The summed E-state index contributed by atoms with van der Waals surface area (Å²) in [5, 5.41) is 10.3. The van der Waals surface area contributed by atoms with E-state index in [1.165, 1.54) is 22.9 Å². The topological polar surface area (TPSA) is 102 Å². The van der Waals surface area contributed by atoms with Gasteiger partial charge in [0.05, 0.1) is 10.7 Å². The first kappa shape index (κ1) is 20.3. The Morgan fingerprint density at radius 2 is 2.06 bits per heavy atom. The highest BCUT2D eigenvalue weighted by Gasteiger charge is 2.53. The van der Waals surface area contributed by atoms with E-state index in [0.717, 1.165) is 37.9 Å². The molecule has 164 valence electrons. The zero-order valence-electron chi connectivity index (χ0n) is 17.3. The zero-order chi connectivity index (χ0) is 21.9. The number of anilines is 2. The maximum Gasteiger partial charge on any atom is 0.261 e. The van der Waals surface area contributed by atoms with E-state index < -0.39 is 5.82 Å². The van der Waals surface area contributed by atoms with Crippen molar-refractivity contribution in [2.45, 2.75) is 38.0 Å². The molecule has 2 aromatic rings. The fourth-order valence-corrected chi connectivity index (χ4v) is 6.20. The largest absolute Gasteiger partial charge is 0.383 e. The van der Waals surface area contributed by atoms with E-state index in [1.54, 1.807) is 7.05 Å². The molecule has 3 fully saturated rings. The van der Waals surface area contributed by atoms with Gasteiger partial charge in [0, 0.05) is 31.6 Å². The number of nitrogens with two attached hydrogens (primary N) is 1. The van der Waals surface area contributed by atoms with Crippen molar-refractivity contribution in [3.8, 4) is 0 Å². The molecule has 1 spiro atoms. The number of hydrogen-bond acceptors (Lipinski definition) is 4. The molecule has 3 aliphatic rings. The number of halogens is 2. The lowest BCUT2D eigenvalue weighted by Gasteiger charge is -2.22. The molecule has 1 aliphatic heterocycles. The fraction of sp³-hybridized carbons (Fsp3) is 0.500. The molecule has 2 aliphatic carbocycles. The van der Waals surface area contributed by atoms with Gasteiger partial charge in [-0.2, -0.15) is 5.10 Å². The predicted octanol–water partition coefficient (Wildman–Crippen LogP) is 3.46. The minimum Gasteiger partial charge on any atom is -0.383 e. The summed E-state index contributed by atoms with van der Waals surface area (Å²) in [5.74, 6) is 0.769. The van der Waals surface area contributed by atoms with Gasteiger partial charge in [0.15, 0.2) is 0 Å². The molecule has 5 rings (SSSR count). The van der Waals surface area contributed by atoms with Crippen molar-refractivity contribution >= 4 is 34.9 Å². The van der Waals surface area contributed by atoms with Crippen LogP contribution in [0.2, 0.25) is 5.02 Å². The third kappa shape index (κ3) is 3.46. The highest BCUT2D eigenvalue weighted by Crippen LogP contribution is 2.59. The summed E-state index contributed by atoms with van der Waals surface area (Å²) >= 11 is 5.84.